The second kappa shape index (κ2) is 12.7. The van der Waals surface area contributed by atoms with Gasteiger partial charge in [-0.15, -0.1) is 0 Å². The van der Waals surface area contributed by atoms with Gasteiger partial charge in [-0.1, -0.05) is 55.2 Å². The van der Waals surface area contributed by atoms with E-state index < -0.39 is 0 Å². The summed E-state index contributed by atoms with van der Waals surface area (Å²) in [6.07, 6.45) is 18.8. The van der Waals surface area contributed by atoms with Gasteiger partial charge < -0.3 is 9.91 Å². The maximum atomic E-state index is 13.0. The molecule has 1 aliphatic heterocycles. The molecule has 0 atom stereocenters. The summed E-state index contributed by atoms with van der Waals surface area (Å²) in [6.45, 7) is 13.8. The predicted octanol–water partition coefficient (Wildman–Crippen LogP) is 5.92. The summed E-state index contributed by atoms with van der Waals surface area (Å²) in [6, 6.07) is 0.579. The normalized spacial score (nSPS) is 20.4. The summed E-state index contributed by atoms with van der Waals surface area (Å²) >= 11 is 0. The van der Waals surface area contributed by atoms with Gasteiger partial charge in [-0.25, -0.2) is 5.43 Å². The lowest BCUT2D eigenvalue weighted by molar-refractivity contribution is -0.128. The zero-order valence-corrected chi connectivity index (χ0v) is 20.4. The third-order valence-corrected chi connectivity index (χ3v) is 6.61. The summed E-state index contributed by atoms with van der Waals surface area (Å²) in [5, 5.41) is 2.35. The summed E-state index contributed by atoms with van der Waals surface area (Å²) in [5.41, 5.74) is 7.83. The monoisotopic (exact) mass is 425 g/mol. The van der Waals surface area contributed by atoms with Gasteiger partial charge in [-0.2, -0.15) is 0 Å². The SMILES string of the molecule is C=C(C)/C=C(\C=C/C)C(=O)N1CCC(C(=C/N(NC)C2CCCCC2)/C(C)=C/C)CC1. The average Bonchev–Trinajstić information content (AvgIpc) is 2.79. The first kappa shape index (κ1) is 25.2. The first-order chi connectivity index (χ1) is 14.9. The van der Waals surface area contributed by atoms with Crippen LogP contribution in [0.1, 0.15) is 72.6 Å². The fraction of sp³-hybridized carbons (Fsp3) is 0.593. The van der Waals surface area contributed by atoms with Crippen LogP contribution in [0.15, 0.2) is 59.4 Å². The van der Waals surface area contributed by atoms with Crippen molar-refractivity contribution in [2.75, 3.05) is 20.1 Å². The third-order valence-electron chi connectivity index (χ3n) is 6.61. The molecule has 1 saturated carbocycles. The van der Waals surface area contributed by atoms with E-state index in [0.29, 0.717) is 12.0 Å². The van der Waals surface area contributed by atoms with E-state index in [-0.39, 0.29) is 5.91 Å². The average molecular weight is 426 g/mol. The molecule has 2 fully saturated rings. The van der Waals surface area contributed by atoms with E-state index in [2.05, 4.69) is 43.1 Å². The Morgan fingerprint density at radius 2 is 1.71 bits per heavy atom. The van der Waals surface area contributed by atoms with Crippen molar-refractivity contribution in [2.45, 2.75) is 78.7 Å². The van der Waals surface area contributed by atoms with Crippen molar-refractivity contribution in [3.05, 3.63) is 59.4 Å². The van der Waals surface area contributed by atoms with Gasteiger partial charge in [0, 0.05) is 38.0 Å². The number of hydrazine groups is 1. The van der Waals surface area contributed by atoms with Gasteiger partial charge in [-0.05, 0) is 70.9 Å². The van der Waals surface area contributed by atoms with Crippen LogP contribution < -0.4 is 5.43 Å². The van der Waals surface area contributed by atoms with Gasteiger partial charge in [0.2, 0.25) is 0 Å². The molecule has 0 aromatic rings. The van der Waals surface area contributed by atoms with E-state index in [1.54, 1.807) is 0 Å². The molecule has 1 N–H and O–H groups in total. The Labute approximate surface area is 190 Å². The summed E-state index contributed by atoms with van der Waals surface area (Å²) in [5.74, 6) is 0.599. The Morgan fingerprint density at radius 3 is 2.23 bits per heavy atom. The van der Waals surface area contributed by atoms with Crippen LogP contribution in [-0.4, -0.2) is 42.0 Å². The number of hydrogen-bond acceptors (Lipinski definition) is 3. The number of rotatable bonds is 8. The number of piperidine rings is 1. The van der Waals surface area contributed by atoms with Crippen LogP contribution in [0.5, 0.6) is 0 Å². The highest BCUT2D eigenvalue weighted by Crippen LogP contribution is 2.32. The van der Waals surface area contributed by atoms with Crippen LogP contribution in [0.2, 0.25) is 0 Å². The van der Waals surface area contributed by atoms with Crippen LogP contribution >= 0.6 is 0 Å². The molecule has 0 unspecified atom stereocenters. The van der Waals surface area contributed by atoms with E-state index in [1.165, 1.54) is 43.3 Å². The summed E-state index contributed by atoms with van der Waals surface area (Å²) in [4.78, 5) is 15.0. The quantitative estimate of drug-likeness (QED) is 0.298. The Morgan fingerprint density at radius 1 is 1.06 bits per heavy atom. The predicted molar refractivity (Wildman–Crippen MR) is 132 cm³/mol. The second-order valence-electron chi connectivity index (χ2n) is 8.99. The molecule has 1 heterocycles. The fourth-order valence-electron chi connectivity index (χ4n) is 4.76. The number of amides is 1. The fourth-order valence-corrected chi connectivity index (χ4v) is 4.76. The van der Waals surface area contributed by atoms with Crippen molar-refractivity contribution in [1.29, 1.82) is 0 Å². The molecule has 4 heteroatoms. The molecule has 2 aliphatic rings. The van der Waals surface area contributed by atoms with Crippen molar-refractivity contribution in [1.82, 2.24) is 15.3 Å². The zero-order valence-electron chi connectivity index (χ0n) is 20.4. The molecule has 4 nitrogen and oxygen atoms in total. The molecular weight excluding hydrogens is 382 g/mol. The minimum Gasteiger partial charge on any atom is -0.339 e. The lowest BCUT2D eigenvalue weighted by Crippen LogP contribution is -2.42. The molecule has 0 radical (unpaired) electrons. The molecule has 1 amide bonds. The highest BCUT2D eigenvalue weighted by molar-refractivity contribution is 5.96. The standard InChI is InChI=1S/C27H43N3O/c1-7-12-24(19-21(3)4)27(31)29-17-15-23(16-18-29)26(22(5)8-2)20-30(28-6)25-13-10-9-11-14-25/h7-8,12,19-20,23,25,28H,3,9-11,13-18H2,1-2,4-6H3/b12-7-,22-8+,24-19+,26-20+. The van der Waals surface area contributed by atoms with Crippen molar-refractivity contribution in [3.8, 4) is 0 Å². The molecule has 1 aliphatic carbocycles. The molecule has 2 rings (SSSR count). The summed E-state index contributed by atoms with van der Waals surface area (Å²) < 4.78 is 0. The number of allylic oxidation sites excluding steroid dienone is 6. The lowest BCUT2D eigenvalue weighted by Gasteiger charge is -2.37. The molecule has 31 heavy (non-hydrogen) atoms. The Bertz CT molecular complexity index is 730. The number of nitrogens with zero attached hydrogens (tertiary/aromatic N) is 2. The minimum atomic E-state index is 0.117. The Kier molecular flexibility index (Phi) is 10.3. The van der Waals surface area contributed by atoms with Gasteiger partial charge in [0.05, 0.1) is 0 Å². The van der Waals surface area contributed by atoms with Crippen LogP contribution in [0.4, 0.5) is 0 Å². The maximum absolute atomic E-state index is 13.0. The number of hydrogen-bond donors (Lipinski definition) is 1. The van der Waals surface area contributed by atoms with Gasteiger partial charge in [0.25, 0.3) is 5.91 Å². The topological polar surface area (TPSA) is 35.6 Å². The van der Waals surface area contributed by atoms with Crippen LogP contribution in [0, 0.1) is 5.92 Å². The molecule has 0 bridgehead atoms. The molecule has 0 spiro atoms. The Hall–Kier alpha value is -2.07. The Balaban J connectivity index is 2.13. The molecule has 0 aromatic heterocycles. The maximum Gasteiger partial charge on any atom is 0.253 e. The van der Waals surface area contributed by atoms with Crippen molar-refractivity contribution < 1.29 is 4.79 Å². The van der Waals surface area contributed by atoms with Crippen molar-refractivity contribution in [3.63, 3.8) is 0 Å². The summed E-state index contributed by atoms with van der Waals surface area (Å²) in [7, 11) is 2.03. The molecular formula is C27H43N3O. The first-order valence-electron chi connectivity index (χ1n) is 12.0. The number of carbonyl (C=O) groups excluding carboxylic acids is 1. The van der Waals surface area contributed by atoms with Gasteiger partial charge >= 0.3 is 0 Å². The van der Waals surface area contributed by atoms with Gasteiger partial charge in [-0.3, -0.25) is 4.79 Å². The van der Waals surface area contributed by atoms with E-state index in [4.69, 9.17) is 0 Å². The number of nitrogens with one attached hydrogen (secondary N) is 1. The molecule has 0 aromatic carbocycles. The van der Waals surface area contributed by atoms with E-state index in [1.807, 2.05) is 44.0 Å². The minimum absolute atomic E-state index is 0.117. The van der Waals surface area contributed by atoms with Crippen LogP contribution in [-0.2, 0) is 4.79 Å². The van der Waals surface area contributed by atoms with Crippen molar-refractivity contribution in [2.24, 2.45) is 5.92 Å². The first-order valence-corrected chi connectivity index (χ1v) is 12.0. The van der Waals surface area contributed by atoms with E-state index in [0.717, 1.165) is 37.1 Å². The van der Waals surface area contributed by atoms with E-state index >= 15 is 0 Å². The van der Waals surface area contributed by atoms with Gasteiger partial charge in [0.1, 0.15) is 0 Å². The molecule has 1 saturated heterocycles. The molecule has 172 valence electrons. The zero-order chi connectivity index (χ0) is 22.8. The van der Waals surface area contributed by atoms with Crippen LogP contribution in [0.3, 0.4) is 0 Å². The lowest BCUT2D eigenvalue weighted by atomic mass is 9.85. The van der Waals surface area contributed by atoms with Crippen molar-refractivity contribution >= 4 is 5.91 Å². The van der Waals surface area contributed by atoms with Gasteiger partial charge in [0.15, 0.2) is 0 Å². The number of carbonyl (C=O) groups is 1. The third kappa shape index (κ3) is 7.24. The largest absolute Gasteiger partial charge is 0.339 e. The second-order valence-corrected chi connectivity index (χ2v) is 8.99. The van der Waals surface area contributed by atoms with E-state index in [9.17, 15) is 4.79 Å². The highest BCUT2D eigenvalue weighted by atomic mass is 16.2. The van der Waals surface area contributed by atoms with Crippen LogP contribution in [0.25, 0.3) is 0 Å². The number of likely N-dealkylation sites (tertiary alicyclic amines) is 1. The highest BCUT2D eigenvalue weighted by Gasteiger charge is 2.28. The smallest absolute Gasteiger partial charge is 0.253 e.